The van der Waals surface area contributed by atoms with E-state index in [1.165, 1.54) is 11.1 Å². The van der Waals surface area contributed by atoms with Crippen molar-refractivity contribution in [2.24, 2.45) is 0 Å². The van der Waals surface area contributed by atoms with Crippen LogP contribution in [0.4, 0.5) is 11.5 Å². The van der Waals surface area contributed by atoms with Crippen LogP contribution in [0, 0.1) is 18.3 Å². The minimum absolute atomic E-state index is 0.265. The summed E-state index contributed by atoms with van der Waals surface area (Å²) in [5.41, 5.74) is 8.90. The van der Waals surface area contributed by atoms with Gasteiger partial charge in [0, 0.05) is 6.54 Å². The van der Waals surface area contributed by atoms with Crippen molar-refractivity contribution >= 4 is 11.5 Å². The van der Waals surface area contributed by atoms with Crippen molar-refractivity contribution in [2.75, 3.05) is 17.6 Å². The van der Waals surface area contributed by atoms with Gasteiger partial charge in [-0.25, -0.2) is 4.98 Å². The average molecular weight is 252 g/mol. The molecule has 1 aromatic carbocycles. The van der Waals surface area contributed by atoms with Gasteiger partial charge in [0.1, 0.15) is 11.9 Å². The third-order valence-corrected chi connectivity index (χ3v) is 2.99. The standard InChI is InChI=1S/C15H16N4/c1-11-4-2-3-5-12(11)8-9-18-15-7-6-13(17)14(10-16)19-15/h2-7H,8-9,17H2,1H3,(H,18,19). The van der Waals surface area contributed by atoms with E-state index in [1.54, 1.807) is 12.1 Å². The molecular weight excluding hydrogens is 236 g/mol. The smallest absolute Gasteiger partial charge is 0.165 e. The van der Waals surface area contributed by atoms with Crippen molar-refractivity contribution in [2.45, 2.75) is 13.3 Å². The first-order valence-corrected chi connectivity index (χ1v) is 6.15. The second-order valence-electron chi connectivity index (χ2n) is 4.35. The van der Waals surface area contributed by atoms with Gasteiger partial charge in [0.05, 0.1) is 5.69 Å². The van der Waals surface area contributed by atoms with Gasteiger partial charge in [-0.1, -0.05) is 24.3 Å². The quantitative estimate of drug-likeness (QED) is 0.876. The molecule has 0 atom stereocenters. The molecule has 0 saturated heterocycles. The maximum absolute atomic E-state index is 8.86. The van der Waals surface area contributed by atoms with Gasteiger partial charge in [0.2, 0.25) is 0 Å². The molecule has 4 heteroatoms. The Kier molecular flexibility index (Phi) is 3.99. The van der Waals surface area contributed by atoms with E-state index in [1.807, 2.05) is 18.2 Å². The Balaban J connectivity index is 1.97. The Morgan fingerprint density at radius 3 is 2.79 bits per heavy atom. The number of nitrogens with one attached hydrogen (secondary N) is 1. The monoisotopic (exact) mass is 252 g/mol. The maximum atomic E-state index is 8.86. The van der Waals surface area contributed by atoms with Crippen molar-refractivity contribution in [3.63, 3.8) is 0 Å². The lowest BCUT2D eigenvalue weighted by Gasteiger charge is -2.08. The topological polar surface area (TPSA) is 74.7 Å². The van der Waals surface area contributed by atoms with Gasteiger partial charge in [-0.2, -0.15) is 5.26 Å². The largest absolute Gasteiger partial charge is 0.396 e. The molecule has 2 aromatic rings. The van der Waals surface area contributed by atoms with Gasteiger partial charge in [0.15, 0.2) is 5.69 Å². The highest BCUT2D eigenvalue weighted by Crippen LogP contribution is 2.13. The molecule has 0 unspecified atom stereocenters. The summed E-state index contributed by atoms with van der Waals surface area (Å²) in [6, 6.07) is 13.8. The fourth-order valence-corrected chi connectivity index (χ4v) is 1.87. The molecule has 19 heavy (non-hydrogen) atoms. The second kappa shape index (κ2) is 5.87. The highest BCUT2D eigenvalue weighted by molar-refractivity contribution is 5.54. The molecule has 1 heterocycles. The van der Waals surface area contributed by atoms with Crippen LogP contribution in [-0.4, -0.2) is 11.5 Å². The van der Waals surface area contributed by atoms with Gasteiger partial charge in [-0.3, -0.25) is 0 Å². The second-order valence-corrected chi connectivity index (χ2v) is 4.35. The van der Waals surface area contributed by atoms with E-state index in [2.05, 4.69) is 29.4 Å². The molecule has 0 spiro atoms. The molecule has 0 saturated carbocycles. The third-order valence-electron chi connectivity index (χ3n) is 2.99. The summed E-state index contributed by atoms with van der Waals surface area (Å²) in [5, 5.41) is 12.1. The number of nitriles is 1. The van der Waals surface area contributed by atoms with Crippen LogP contribution >= 0.6 is 0 Å². The third kappa shape index (κ3) is 3.23. The predicted molar refractivity (Wildman–Crippen MR) is 76.7 cm³/mol. The first kappa shape index (κ1) is 12.9. The SMILES string of the molecule is Cc1ccccc1CCNc1ccc(N)c(C#N)n1. The van der Waals surface area contributed by atoms with Crippen molar-refractivity contribution in [1.29, 1.82) is 5.26 Å². The molecule has 0 amide bonds. The maximum Gasteiger partial charge on any atom is 0.165 e. The normalized spacial score (nSPS) is 9.89. The molecule has 0 aliphatic rings. The predicted octanol–water partition coefficient (Wildman–Crippen LogP) is 2.50. The van der Waals surface area contributed by atoms with Crippen LogP contribution in [0.1, 0.15) is 16.8 Å². The van der Waals surface area contributed by atoms with Crippen LogP contribution < -0.4 is 11.1 Å². The molecule has 0 aliphatic carbocycles. The van der Waals surface area contributed by atoms with Crippen LogP contribution in [-0.2, 0) is 6.42 Å². The van der Waals surface area contributed by atoms with Crippen molar-refractivity contribution in [3.8, 4) is 6.07 Å². The number of hydrogen-bond donors (Lipinski definition) is 2. The zero-order valence-corrected chi connectivity index (χ0v) is 10.9. The summed E-state index contributed by atoms with van der Waals surface area (Å²) in [4.78, 5) is 4.15. The Hall–Kier alpha value is -2.54. The summed E-state index contributed by atoms with van der Waals surface area (Å²) in [5.74, 6) is 0.680. The fraction of sp³-hybridized carbons (Fsp3) is 0.200. The molecule has 96 valence electrons. The zero-order chi connectivity index (χ0) is 13.7. The van der Waals surface area contributed by atoms with Crippen LogP contribution in [0.2, 0.25) is 0 Å². The number of benzene rings is 1. The molecule has 4 nitrogen and oxygen atoms in total. The molecule has 0 radical (unpaired) electrons. The van der Waals surface area contributed by atoms with E-state index in [4.69, 9.17) is 11.0 Å². The number of rotatable bonds is 4. The highest BCUT2D eigenvalue weighted by atomic mass is 15.0. The summed E-state index contributed by atoms with van der Waals surface area (Å²) in [7, 11) is 0. The Morgan fingerprint density at radius 2 is 2.05 bits per heavy atom. The van der Waals surface area contributed by atoms with Crippen molar-refractivity contribution < 1.29 is 0 Å². The Bertz CT molecular complexity index is 614. The molecule has 0 bridgehead atoms. The Labute approximate surface area is 112 Å². The molecule has 2 rings (SSSR count). The van der Waals surface area contributed by atoms with Crippen molar-refractivity contribution in [1.82, 2.24) is 4.98 Å². The summed E-state index contributed by atoms with van der Waals surface area (Å²) < 4.78 is 0. The first-order valence-electron chi connectivity index (χ1n) is 6.15. The fourth-order valence-electron chi connectivity index (χ4n) is 1.87. The number of hydrogen-bond acceptors (Lipinski definition) is 4. The van der Waals surface area contributed by atoms with E-state index in [0.717, 1.165) is 13.0 Å². The van der Waals surface area contributed by atoms with Gasteiger partial charge < -0.3 is 11.1 Å². The molecular formula is C15H16N4. The number of nitrogens with zero attached hydrogens (tertiary/aromatic N) is 2. The number of aromatic nitrogens is 1. The molecule has 0 aliphatic heterocycles. The molecule has 0 fully saturated rings. The van der Waals surface area contributed by atoms with Crippen LogP contribution in [0.3, 0.4) is 0 Å². The minimum atomic E-state index is 0.265. The Morgan fingerprint density at radius 1 is 1.26 bits per heavy atom. The lowest BCUT2D eigenvalue weighted by atomic mass is 10.1. The van der Waals surface area contributed by atoms with E-state index >= 15 is 0 Å². The van der Waals surface area contributed by atoms with E-state index in [9.17, 15) is 0 Å². The van der Waals surface area contributed by atoms with E-state index in [-0.39, 0.29) is 5.69 Å². The summed E-state index contributed by atoms with van der Waals surface area (Å²) >= 11 is 0. The van der Waals surface area contributed by atoms with Gasteiger partial charge in [-0.05, 0) is 36.6 Å². The number of anilines is 2. The number of nitrogen functional groups attached to an aromatic ring is 1. The lowest BCUT2D eigenvalue weighted by molar-refractivity contribution is 0.992. The van der Waals surface area contributed by atoms with Gasteiger partial charge >= 0.3 is 0 Å². The van der Waals surface area contributed by atoms with Crippen LogP contribution in [0.5, 0.6) is 0 Å². The van der Waals surface area contributed by atoms with Crippen LogP contribution in [0.15, 0.2) is 36.4 Å². The van der Waals surface area contributed by atoms with Crippen LogP contribution in [0.25, 0.3) is 0 Å². The lowest BCUT2D eigenvalue weighted by Crippen LogP contribution is -2.08. The molecule has 1 aromatic heterocycles. The molecule has 3 N–H and O–H groups in total. The minimum Gasteiger partial charge on any atom is -0.396 e. The zero-order valence-electron chi connectivity index (χ0n) is 10.9. The number of nitrogens with two attached hydrogens (primary N) is 1. The number of pyridine rings is 1. The summed E-state index contributed by atoms with van der Waals surface area (Å²) in [6.45, 7) is 2.87. The van der Waals surface area contributed by atoms with Gasteiger partial charge in [0.25, 0.3) is 0 Å². The van der Waals surface area contributed by atoms with Crippen molar-refractivity contribution in [3.05, 3.63) is 53.2 Å². The number of aryl methyl sites for hydroxylation is 1. The van der Waals surface area contributed by atoms with E-state index in [0.29, 0.717) is 11.5 Å². The average Bonchev–Trinajstić information content (AvgIpc) is 2.43. The van der Waals surface area contributed by atoms with Gasteiger partial charge in [-0.15, -0.1) is 0 Å². The van der Waals surface area contributed by atoms with E-state index < -0.39 is 0 Å². The highest BCUT2D eigenvalue weighted by Gasteiger charge is 2.02. The first-order chi connectivity index (χ1) is 9.20. The summed E-state index contributed by atoms with van der Waals surface area (Å²) in [6.07, 6.45) is 0.917.